The van der Waals surface area contributed by atoms with Crippen LogP contribution in [0.4, 0.5) is 11.4 Å². The standard InChI is InChI=1S/C13H14N2O5/c1-18-12-5-10(14-7-9-3-4-20-8-9)11(15(16)17)6-13(12)19-2/h3-6,8,14H,7H2,1-2H3. The van der Waals surface area contributed by atoms with E-state index >= 15 is 0 Å². The van der Waals surface area contributed by atoms with E-state index in [1.54, 1.807) is 18.6 Å². The van der Waals surface area contributed by atoms with Gasteiger partial charge in [0.15, 0.2) is 11.5 Å². The van der Waals surface area contributed by atoms with Crippen molar-refractivity contribution in [3.8, 4) is 11.5 Å². The molecule has 1 aromatic carbocycles. The molecule has 0 saturated heterocycles. The second-order valence-electron chi connectivity index (χ2n) is 3.97. The topological polar surface area (TPSA) is 86.8 Å². The van der Waals surface area contributed by atoms with Crippen molar-refractivity contribution in [2.24, 2.45) is 0 Å². The highest BCUT2D eigenvalue weighted by Crippen LogP contribution is 2.37. The molecule has 0 fully saturated rings. The lowest BCUT2D eigenvalue weighted by Gasteiger charge is -2.11. The van der Waals surface area contributed by atoms with Gasteiger partial charge < -0.3 is 19.2 Å². The molecule has 2 aromatic rings. The molecule has 0 aliphatic rings. The van der Waals surface area contributed by atoms with Crippen molar-refractivity contribution in [1.82, 2.24) is 0 Å². The summed E-state index contributed by atoms with van der Waals surface area (Å²) in [7, 11) is 2.91. The van der Waals surface area contributed by atoms with Gasteiger partial charge in [0.05, 0.1) is 37.7 Å². The molecule has 2 rings (SSSR count). The van der Waals surface area contributed by atoms with Crippen LogP contribution in [0.5, 0.6) is 11.5 Å². The van der Waals surface area contributed by atoms with Crippen LogP contribution < -0.4 is 14.8 Å². The van der Waals surface area contributed by atoms with Crippen LogP contribution in [0.1, 0.15) is 5.56 Å². The molecule has 7 nitrogen and oxygen atoms in total. The predicted octanol–water partition coefficient (Wildman–Crippen LogP) is 2.82. The Hall–Kier alpha value is -2.70. The van der Waals surface area contributed by atoms with E-state index in [-0.39, 0.29) is 5.69 Å². The van der Waals surface area contributed by atoms with Gasteiger partial charge in [-0.1, -0.05) is 0 Å². The number of hydrogen-bond acceptors (Lipinski definition) is 6. The SMILES string of the molecule is COc1cc(NCc2ccoc2)c([N+](=O)[O-])cc1OC. The zero-order valence-corrected chi connectivity index (χ0v) is 11.1. The highest BCUT2D eigenvalue weighted by atomic mass is 16.6. The molecule has 0 atom stereocenters. The van der Waals surface area contributed by atoms with Gasteiger partial charge in [-0.05, 0) is 6.07 Å². The lowest BCUT2D eigenvalue weighted by molar-refractivity contribution is -0.384. The molecule has 0 radical (unpaired) electrons. The molecular weight excluding hydrogens is 264 g/mol. The Morgan fingerprint density at radius 1 is 1.30 bits per heavy atom. The number of rotatable bonds is 6. The van der Waals surface area contributed by atoms with Crippen LogP contribution in [0, 0.1) is 10.1 Å². The second kappa shape index (κ2) is 5.96. The summed E-state index contributed by atoms with van der Waals surface area (Å²) in [4.78, 5) is 10.6. The summed E-state index contributed by atoms with van der Waals surface area (Å²) in [6.07, 6.45) is 3.11. The highest BCUT2D eigenvalue weighted by molar-refractivity contribution is 5.68. The summed E-state index contributed by atoms with van der Waals surface area (Å²) in [5.74, 6) is 0.737. The smallest absolute Gasteiger partial charge is 0.296 e. The maximum Gasteiger partial charge on any atom is 0.296 e. The molecule has 0 aliphatic heterocycles. The molecule has 1 heterocycles. The first-order valence-corrected chi connectivity index (χ1v) is 5.81. The Balaban J connectivity index is 2.31. The Bertz CT molecular complexity index is 595. The number of nitro benzene ring substituents is 1. The zero-order chi connectivity index (χ0) is 14.5. The molecule has 1 aromatic heterocycles. The number of methoxy groups -OCH3 is 2. The summed E-state index contributed by atoms with van der Waals surface area (Å²) in [5, 5.41) is 14.1. The van der Waals surface area contributed by atoms with Crippen molar-refractivity contribution in [2.45, 2.75) is 6.54 Å². The van der Waals surface area contributed by atoms with Crippen molar-refractivity contribution in [3.05, 3.63) is 46.4 Å². The van der Waals surface area contributed by atoms with E-state index in [4.69, 9.17) is 13.9 Å². The van der Waals surface area contributed by atoms with Gasteiger partial charge in [0, 0.05) is 18.2 Å². The minimum Gasteiger partial charge on any atom is -0.493 e. The lowest BCUT2D eigenvalue weighted by atomic mass is 10.2. The Morgan fingerprint density at radius 3 is 2.55 bits per heavy atom. The molecule has 1 N–H and O–H groups in total. The number of anilines is 1. The summed E-state index contributed by atoms with van der Waals surface area (Å²) >= 11 is 0. The van der Waals surface area contributed by atoms with Crippen LogP contribution in [0.15, 0.2) is 35.1 Å². The Kier molecular flexibility index (Phi) is 4.09. The highest BCUT2D eigenvalue weighted by Gasteiger charge is 2.19. The first kappa shape index (κ1) is 13.7. The number of ether oxygens (including phenoxy) is 2. The molecule has 0 amide bonds. The first-order valence-electron chi connectivity index (χ1n) is 5.81. The van der Waals surface area contributed by atoms with E-state index in [1.165, 1.54) is 26.4 Å². The number of nitrogens with one attached hydrogen (secondary N) is 1. The van der Waals surface area contributed by atoms with Gasteiger partial charge >= 0.3 is 0 Å². The van der Waals surface area contributed by atoms with Crippen LogP contribution in [0.25, 0.3) is 0 Å². The average Bonchev–Trinajstić information content (AvgIpc) is 2.97. The van der Waals surface area contributed by atoms with Crippen molar-refractivity contribution in [2.75, 3.05) is 19.5 Å². The number of hydrogen-bond donors (Lipinski definition) is 1. The molecular formula is C13H14N2O5. The summed E-state index contributed by atoms with van der Waals surface area (Å²) < 4.78 is 15.1. The fourth-order valence-corrected chi connectivity index (χ4v) is 1.75. The molecule has 7 heteroatoms. The number of nitrogens with zero attached hydrogens (tertiary/aromatic N) is 1. The second-order valence-corrected chi connectivity index (χ2v) is 3.97. The van der Waals surface area contributed by atoms with Gasteiger partial charge in [0.25, 0.3) is 5.69 Å². The number of furan rings is 1. The van der Waals surface area contributed by atoms with Crippen LogP contribution in [0.3, 0.4) is 0 Å². The van der Waals surface area contributed by atoms with Gasteiger partial charge in [-0.3, -0.25) is 10.1 Å². The lowest BCUT2D eigenvalue weighted by Crippen LogP contribution is -2.03. The minimum atomic E-state index is -0.473. The van der Waals surface area contributed by atoms with Crippen molar-refractivity contribution < 1.29 is 18.8 Å². The molecule has 0 unspecified atom stereocenters. The predicted molar refractivity (Wildman–Crippen MR) is 72.2 cm³/mol. The molecule has 20 heavy (non-hydrogen) atoms. The largest absolute Gasteiger partial charge is 0.493 e. The van der Waals surface area contributed by atoms with E-state index in [9.17, 15) is 10.1 Å². The first-order chi connectivity index (χ1) is 9.65. The molecule has 0 aliphatic carbocycles. The van der Waals surface area contributed by atoms with E-state index in [2.05, 4.69) is 5.32 Å². The number of nitro groups is 1. The van der Waals surface area contributed by atoms with E-state index < -0.39 is 4.92 Å². The maximum atomic E-state index is 11.1. The summed E-state index contributed by atoms with van der Waals surface area (Å²) in [5.41, 5.74) is 1.16. The third-order valence-electron chi connectivity index (χ3n) is 2.76. The average molecular weight is 278 g/mol. The van der Waals surface area contributed by atoms with Crippen LogP contribution in [0.2, 0.25) is 0 Å². The maximum absolute atomic E-state index is 11.1. The van der Waals surface area contributed by atoms with Crippen LogP contribution in [-0.2, 0) is 6.54 Å². The van der Waals surface area contributed by atoms with Crippen LogP contribution >= 0.6 is 0 Å². The van der Waals surface area contributed by atoms with Gasteiger partial charge in [-0.15, -0.1) is 0 Å². The fraction of sp³-hybridized carbons (Fsp3) is 0.231. The third-order valence-corrected chi connectivity index (χ3v) is 2.76. The molecule has 0 spiro atoms. The summed E-state index contributed by atoms with van der Waals surface area (Å²) in [6, 6.07) is 4.65. The minimum absolute atomic E-state index is 0.0776. The third kappa shape index (κ3) is 2.82. The Morgan fingerprint density at radius 2 is 2.00 bits per heavy atom. The van der Waals surface area contributed by atoms with E-state index in [1.807, 2.05) is 0 Å². The van der Waals surface area contributed by atoms with Gasteiger partial charge in [0.2, 0.25) is 0 Å². The van der Waals surface area contributed by atoms with E-state index in [0.29, 0.717) is 23.7 Å². The zero-order valence-electron chi connectivity index (χ0n) is 11.1. The molecule has 0 saturated carbocycles. The van der Waals surface area contributed by atoms with Gasteiger partial charge in [-0.25, -0.2) is 0 Å². The Labute approximate surface area is 115 Å². The number of benzene rings is 1. The van der Waals surface area contributed by atoms with Crippen molar-refractivity contribution in [1.29, 1.82) is 0 Å². The van der Waals surface area contributed by atoms with E-state index in [0.717, 1.165) is 5.56 Å². The molecule has 0 bridgehead atoms. The monoisotopic (exact) mass is 278 g/mol. The summed E-state index contributed by atoms with van der Waals surface area (Å²) in [6.45, 7) is 0.410. The molecule has 106 valence electrons. The van der Waals surface area contributed by atoms with Crippen molar-refractivity contribution >= 4 is 11.4 Å². The normalized spacial score (nSPS) is 10.1. The van der Waals surface area contributed by atoms with Crippen molar-refractivity contribution in [3.63, 3.8) is 0 Å². The quantitative estimate of drug-likeness (QED) is 0.645. The fourth-order valence-electron chi connectivity index (χ4n) is 1.75. The van der Waals surface area contributed by atoms with Gasteiger partial charge in [0.1, 0.15) is 5.69 Å². The van der Waals surface area contributed by atoms with Crippen LogP contribution in [-0.4, -0.2) is 19.1 Å². The van der Waals surface area contributed by atoms with Gasteiger partial charge in [-0.2, -0.15) is 0 Å².